The minimum absolute atomic E-state index is 0.0847. The lowest BCUT2D eigenvalue weighted by atomic mass is 9.78. The molecule has 0 radical (unpaired) electrons. The molecular weight excluding hydrogens is 545 g/mol. The number of ether oxygens (including phenoxy) is 1. The number of rotatable bonds is 7. The number of carbonyl (C=O) groups excluding carboxylic acids is 2. The number of nitrogens with one attached hydrogen (secondary N) is 2. The van der Waals surface area contributed by atoms with Crippen LogP contribution < -0.4 is 10.6 Å². The summed E-state index contributed by atoms with van der Waals surface area (Å²) in [6.45, 7) is 2.97. The van der Waals surface area contributed by atoms with E-state index in [1.807, 2.05) is 0 Å². The van der Waals surface area contributed by atoms with Gasteiger partial charge in [-0.1, -0.05) is 36.3 Å². The second-order valence-electron chi connectivity index (χ2n) is 9.82. The number of benzene rings is 1. The molecule has 41 heavy (non-hydrogen) atoms. The largest absolute Gasteiger partial charge is 0.481 e. The number of hydrogen-bond donors (Lipinski definition) is 3. The number of carbonyl (C=O) groups is 3. The number of aromatic nitrogens is 4. The molecule has 1 saturated carbocycles. The van der Waals surface area contributed by atoms with Crippen molar-refractivity contribution in [2.75, 3.05) is 10.6 Å². The molecule has 2 amide bonds. The SMILES string of the molecule is Cc1nc(-c2nnn(C)c2NC(=O)O[C@H](C)c2ccccc2C(F)(F)F)ccc1NC(=O)[C@H]1CCCC[C@@H]1C(=O)O. The number of halogens is 3. The van der Waals surface area contributed by atoms with E-state index in [9.17, 15) is 32.7 Å². The Morgan fingerprint density at radius 2 is 1.76 bits per heavy atom. The van der Waals surface area contributed by atoms with Crippen LogP contribution in [0.15, 0.2) is 36.4 Å². The van der Waals surface area contributed by atoms with Crippen molar-refractivity contribution >= 4 is 29.5 Å². The van der Waals surface area contributed by atoms with Gasteiger partial charge >= 0.3 is 18.2 Å². The van der Waals surface area contributed by atoms with Crippen LogP contribution in [0.2, 0.25) is 0 Å². The number of nitrogens with zero attached hydrogens (tertiary/aromatic N) is 4. The Labute approximate surface area is 233 Å². The molecule has 3 N–H and O–H groups in total. The Balaban J connectivity index is 1.48. The fourth-order valence-corrected chi connectivity index (χ4v) is 4.92. The predicted molar refractivity (Wildman–Crippen MR) is 141 cm³/mol. The Kier molecular flexibility index (Phi) is 8.59. The first-order chi connectivity index (χ1) is 19.4. The zero-order chi connectivity index (χ0) is 29.9. The smallest absolute Gasteiger partial charge is 0.416 e. The predicted octanol–water partition coefficient (Wildman–Crippen LogP) is 5.34. The maximum absolute atomic E-state index is 13.4. The molecule has 0 unspecified atom stereocenters. The van der Waals surface area contributed by atoms with Gasteiger partial charge in [-0.2, -0.15) is 13.2 Å². The molecule has 0 bridgehead atoms. The van der Waals surface area contributed by atoms with E-state index in [2.05, 4.69) is 25.9 Å². The molecular formula is C27H29F3N6O5. The van der Waals surface area contributed by atoms with Gasteiger partial charge < -0.3 is 15.2 Å². The molecule has 1 fully saturated rings. The molecule has 2 aromatic heterocycles. The molecule has 218 valence electrons. The highest BCUT2D eigenvalue weighted by atomic mass is 19.4. The molecule has 1 aliphatic carbocycles. The van der Waals surface area contributed by atoms with Crippen LogP contribution in [0.1, 0.15) is 55.5 Å². The molecule has 0 spiro atoms. The highest BCUT2D eigenvalue weighted by Gasteiger charge is 2.36. The summed E-state index contributed by atoms with van der Waals surface area (Å²) in [7, 11) is 1.50. The van der Waals surface area contributed by atoms with Crippen molar-refractivity contribution in [1.82, 2.24) is 20.0 Å². The van der Waals surface area contributed by atoms with Crippen LogP contribution in [-0.4, -0.2) is 43.1 Å². The van der Waals surface area contributed by atoms with Gasteiger partial charge in [0.1, 0.15) is 6.10 Å². The van der Waals surface area contributed by atoms with Crippen LogP contribution in [0.25, 0.3) is 11.4 Å². The third-order valence-electron chi connectivity index (χ3n) is 7.04. The minimum Gasteiger partial charge on any atom is -0.481 e. The first kappa shape index (κ1) is 29.5. The van der Waals surface area contributed by atoms with Crippen LogP contribution >= 0.6 is 0 Å². The zero-order valence-corrected chi connectivity index (χ0v) is 22.5. The minimum atomic E-state index is -4.62. The Bertz CT molecular complexity index is 1460. The number of carboxylic acids is 1. The summed E-state index contributed by atoms with van der Waals surface area (Å²) < 4.78 is 46.6. The number of anilines is 2. The van der Waals surface area contributed by atoms with E-state index in [0.29, 0.717) is 29.9 Å². The molecule has 0 saturated heterocycles. The molecule has 11 nitrogen and oxygen atoms in total. The second kappa shape index (κ2) is 11.9. The normalized spacial score (nSPS) is 17.9. The van der Waals surface area contributed by atoms with Crippen LogP contribution in [0.3, 0.4) is 0 Å². The first-order valence-corrected chi connectivity index (χ1v) is 12.9. The summed E-state index contributed by atoms with van der Waals surface area (Å²) in [5, 5.41) is 22.7. The summed E-state index contributed by atoms with van der Waals surface area (Å²) in [4.78, 5) is 41.6. The van der Waals surface area contributed by atoms with Crippen molar-refractivity contribution in [3.05, 3.63) is 53.2 Å². The van der Waals surface area contributed by atoms with Crippen molar-refractivity contribution in [3.8, 4) is 11.4 Å². The number of aliphatic carboxylic acids is 1. The number of aryl methyl sites for hydroxylation is 2. The standard InChI is InChI=1S/C27H29F3N6O5/c1-14-20(32-24(37)17-9-4-5-10-18(17)25(38)39)12-13-21(31-14)22-23(36(3)35-34-22)33-26(40)41-15(2)16-8-6-7-11-19(16)27(28,29)30/h6-8,11-13,15,17-18H,4-5,9-10H2,1-3H3,(H,32,37)(H,33,40)(H,38,39)/t15-,17+,18+/m1/s1. The van der Waals surface area contributed by atoms with Crippen molar-refractivity contribution in [3.63, 3.8) is 0 Å². The third-order valence-corrected chi connectivity index (χ3v) is 7.04. The van der Waals surface area contributed by atoms with Gasteiger partial charge in [0.2, 0.25) is 5.91 Å². The molecule has 3 aromatic rings. The van der Waals surface area contributed by atoms with Crippen LogP contribution in [0.5, 0.6) is 0 Å². The van der Waals surface area contributed by atoms with E-state index in [-0.39, 0.29) is 23.0 Å². The van der Waals surface area contributed by atoms with Crippen molar-refractivity contribution in [2.45, 2.75) is 51.8 Å². The van der Waals surface area contributed by atoms with E-state index >= 15 is 0 Å². The van der Waals surface area contributed by atoms with Crippen molar-refractivity contribution in [1.29, 1.82) is 0 Å². The molecule has 2 heterocycles. The number of carboxylic acid groups (broad SMARTS) is 1. The van der Waals surface area contributed by atoms with E-state index < -0.39 is 41.7 Å². The maximum Gasteiger partial charge on any atom is 0.416 e. The number of amides is 2. The summed E-state index contributed by atoms with van der Waals surface area (Å²) in [5.41, 5.74) is 0.152. The number of alkyl halides is 3. The fourth-order valence-electron chi connectivity index (χ4n) is 4.92. The van der Waals surface area contributed by atoms with Crippen LogP contribution in [0, 0.1) is 18.8 Å². The average Bonchev–Trinajstić information content (AvgIpc) is 3.28. The second-order valence-corrected chi connectivity index (χ2v) is 9.82. The summed E-state index contributed by atoms with van der Waals surface area (Å²) in [6, 6.07) is 7.95. The van der Waals surface area contributed by atoms with Crippen molar-refractivity contribution in [2.24, 2.45) is 18.9 Å². The zero-order valence-electron chi connectivity index (χ0n) is 22.5. The van der Waals surface area contributed by atoms with Gasteiger partial charge in [-0.25, -0.2) is 14.5 Å². The first-order valence-electron chi connectivity index (χ1n) is 12.9. The van der Waals surface area contributed by atoms with Gasteiger partial charge in [0.15, 0.2) is 11.5 Å². The molecule has 1 aromatic carbocycles. The average molecular weight is 575 g/mol. The lowest BCUT2D eigenvalue weighted by Crippen LogP contribution is -2.36. The van der Waals surface area contributed by atoms with E-state index in [1.165, 1.54) is 36.9 Å². The Morgan fingerprint density at radius 1 is 1.07 bits per heavy atom. The van der Waals surface area contributed by atoms with Gasteiger partial charge in [0.25, 0.3) is 0 Å². The van der Waals surface area contributed by atoms with Gasteiger partial charge in [-0.15, -0.1) is 5.10 Å². The molecule has 14 heteroatoms. The molecule has 0 aliphatic heterocycles. The molecule has 1 aliphatic rings. The highest BCUT2D eigenvalue weighted by Crippen LogP contribution is 2.36. The van der Waals surface area contributed by atoms with Gasteiger partial charge in [-0.3, -0.25) is 14.9 Å². The number of pyridine rings is 1. The van der Waals surface area contributed by atoms with Crippen LogP contribution in [0.4, 0.5) is 29.5 Å². The number of hydrogen-bond acceptors (Lipinski definition) is 7. The highest BCUT2D eigenvalue weighted by molar-refractivity contribution is 5.96. The third kappa shape index (κ3) is 6.64. The van der Waals surface area contributed by atoms with Crippen molar-refractivity contribution < 1.29 is 37.4 Å². The lowest BCUT2D eigenvalue weighted by Gasteiger charge is -2.27. The van der Waals surface area contributed by atoms with Crippen LogP contribution in [-0.2, 0) is 27.5 Å². The van der Waals surface area contributed by atoms with Gasteiger partial charge in [-0.05, 0) is 44.9 Å². The maximum atomic E-state index is 13.4. The lowest BCUT2D eigenvalue weighted by molar-refractivity contribution is -0.147. The molecule has 3 atom stereocenters. The Morgan fingerprint density at radius 3 is 2.41 bits per heavy atom. The van der Waals surface area contributed by atoms with E-state index in [4.69, 9.17) is 4.74 Å². The monoisotopic (exact) mass is 574 g/mol. The summed E-state index contributed by atoms with van der Waals surface area (Å²) in [6.07, 6.45) is -4.39. The quantitative estimate of drug-likeness (QED) is 0.342. The summed E-state index contributed by atoms with van der Waals surface area (Å²) in [5.74, 6) is -2.68. The fraction of sp³-hybridized carbons (Fsp3) is 0.407. The summed E-state index contributed by atoms with van der Waals surface area (Å²) >= 11 is 0. The topological polar surface area (TPSA) is 148 Å². The Hall–Kier alpha value is -4.49. The molecule has 4 rings (SSSR count). The van der Waals surface area contributed by atoms with Gasteiger partial charge in [0.05, 0.1) is 34.5 Å². The van der Waals surface area contributed by atoms with Gasteiger partial charge in [0, 0.05) is 12.6 Å². The van der Waals surface area contributed by atoms with E-state index in [1.54, 1.807) is 19.1 Å². The van der Waals surface area contributed by atoms with E-state index in [0.717, 1.165) is 18.9 Å².